The predicted molar refractivity (Wildman–Crippen MR) is 74.1 cm³/mol. The van der Waals surface area contributed by atoms with Crippen LogP contribution in [-0.2, 0) is 11.2 Å². The van der Waals surface area contributed by atoms with E-state index in [0.717, 1.165) is 19.3 Å². The summed E-state index contributed by atoms with van der Waals surface area (Å²) in [6.45, 7) is 2.31. The van der Waals surface area contributed by atoms with Crippen molar-refractivity contribution in [3.63, 3.8) is 0 Å². The second kappa shape index (κ2) is 8.51. The summed E-state index contributed by atoms with van der Waals surface area (Å²) in [5, 5.41) is 8.62. The molecule has 0 aliphatic heterocycles. The van der Waals surface area contributed by atoms with Gasteiger partial charge >= 0.3 is 12.3 Å². The van der Waals surface area contributed by atoms with Crippen LogP contribution in [0.25, 0.3) is 0 Å². The lowest BCUT2D eigenvalue weighted by Crippen LogP contribution is -2.18. The summed E-state index contributed by atoms with van der Waals surface area (Å²) in [6, 6.07) is 4.09. The van der Waals surface area contributed by atoms with Gasteiger partial charge in [0, 0.05) is 6.42 Å². The van der Waals surface area contributed by atoms with Gasteiger partial charge in [-0.2, -0.15) is 0 Å². The summed E-state index contributed by atoms with van der Waals surface area (Å²) in [6.07, 6.45) is -2.23. The van der Waals surface area contributed by atoms with Gasteiger partial charge in [0.2, 0.25) is 0 Å². The highest BCUT2D eigenvalue weighted by atomic mass is 19.4. The molecule has 0 spiro atoms. The van der Waals surface area contributed by atoms with Gasteiger partial charge in [-0.1, -0.05) is 25.8 Å². The molecule has 0 aliphatic carbocycles. The van der Waals surface area contributed by atoms with Crippen LogP contribution >= 0.6 is 0 Å². The van der Waals surface area contributed by atoms with E-state index in [1.54, 1.807) is 6.07 Å². The molecule has 1 rings (SSSR count). The lowest BCUT2D eigenvalue weighted by atomic mass is 10.1. The Morgan fingerprint density at radius 2 is 1.95 bits per heavy atom. The van der Waals surface area contributed by atoms with Crippen LogP contribution < -0.4 is 9.47 Å². The van der Waals surface area contributed by atoms with Crippen molar-refractivity contribution >= 4 is 5.97 Å². The maximum atomic E-state index is 12.4. The number of aryl methyl sites for hydroxylation is 1. The number of aliphatic carboxylic acids is 1. The van der Waals surface area contributed by atoms with Gasteiger partial charge in [0.05, 0.1) is 6.61 Å². The van der Waals surface area contributed by atoms with Crippen molar-refractivity contribution in [3.05, 3.63) is 23.8 Å². The molecule has 0 fully saturated rings. The van der Waals surface area contributed by atoms with Crippen LogP contribution in [0.2, 0.25) is 0 Å². The number of rotatable bonds is 9. The first-order valence-electron chi connectivity index (χ1n) is 7.05. The minimum atomic E-state index is -4.83. The van der Waals surface area contributed by atoms with Crippen LogP contribution in [0.5, 0.6) is 11.5 Å². The van der Waals surface area contributed by atoms with Crippen LogP contribution in [0.3, 0.4) is 0 Å². The third-order valence-corrected chi connectivity index (χ3v) is 2.87. The minimum Gasteiger partial charge on any atom is -0.490 e. The number of hydrogen-bond donors (Lipinski definition) is 1. The maximum Gasteiger partial charge on any atom is 0.573 e. The Morgan fingerprint density at radius 1 is 1.23 bits per heavy atom. The highest BCUT2D eigenvalue weighted by Crippen LogP contribution is 2.33. The molecule has 0 saturated heterocycles. The van der Waals surface area contributed by atoms with Gasteiger partial charge in [0.1, 0.15) is 0 Å². The Morgan fingerprint density at radius 3 is 2.55 bits per heavy atom. The van der Waals surface area contributed by atoms with E-state index in [4.69, 9.17) is 9.84 Å². The summed E-state index contributed by atoms with van der Waals surface area (Å²) < 4.78 is 46.6. The molecule has 0 bridgehead atoms. The molecular formula is C15H19F3O4. The monoisotopic (exact) mass is 320 g/mol. The van der Waals surface area contributed by atoms with Crippen LogP contribution in [0.1, 0.15) is 38.2 Å². The normalized spacial score (nSPS) is 11.3. The molecule has 0 aliphatic rings. The molecule has 124 valence electrons. The fraction of sp³-hybridized carbons (Fsp3) is 0.533. The number of carbonyl (C=O) groups is 1. The lowest BCUT2D eigenvalue weighted by molar-refractivity contribution is -0.275. The number of unbranched alkanes of at least 4 members (excludes halogenated alkanes) is 2. The molecule has 1 aromatic carbocycles. The summed E-state index contributed by atoms with van der Waals surface area (Å²) in [5.41, 5.74) is 0.447. The summed E-state index contributed by atoms with van der Waals surface area (Å²) in [5.74, 6) is -1.45. The molecule has 7 heteroatoms. The van der Waals surface area contributed by atoms with E-state index >= 15 is 0 Å². The zero-order valence-electron chi connectivity index (χ0n) is 12.3. The number of ether oxygens (including phenoxy) is 2. The topological polar surface area (TPSA) is 55.8 Å². The first kappa shape index (κ1) is 18.1. The molecule has 0 aromatic heterocycles. The van der Waals surface area contributed by atoms with E-state index in [1.807, 2.05) is 6.92 Å². The van der Waals surface area contributed by atoms with Crippen molar-refractivity contribution in [1.82, 2.24) is 0 Å². The average Bonchev–Trinajstić information content (AvgIpc) is 2.41. The zero-order chi connectivity index (χ0) is 16.6. The van der Waals surface area contributed by atoms with Crippen molar-refractivity contribution in [2.75, 3.05) is 6.61 Å². The van der Waals surface area contributed by atoms with E-state index < -0.39 is 18.1 Å². The van der Waals surface area contributed by atoms with Crippen molar-refractivity contribution < 1.29 is 32.5 Å². The molecule has 0 amide bonds. The van der Waals surface area contributed by atoms with E-state index in [2.05, 4.69) is 4.74 Å². The van der Waals surface area contributed by atoms with Gasteiger partial charge < -0.3 is 14.6 Å². The fourth-order valence-electron chi connectivity index (χ4n) is 1.82. The molecule has 0 saturated carbocycles. The van der Waals surface area contributed by atoms with Crippen LogP contribution in [0.4, 0.5) is 13.2 Å². The van der Waals surface area contributed by atoms with E-state index in [-0.39, 0.29) is 18.6 Å². The number of hydrogen-bond acceptors (Lipinski definition) is 3. The smallest absolute Gasteiger partial charge is 0.490 e. The van der Waals surface area contributed by atoms with Crippen molar-refractivity contribution in [3.8, 4) is 11.5 Å². The molecule has 0 heterocycles. The van der Waals surface area contributed by atoms with E-state index in [9.17, 15) is 18.0 Å². The van der Waals surface area contributed by atoms with Gasteiger partial charge in [-0.3, -0.25) is 4.79 Å². The van der Waals surface area contributed by atoms with Crippen molar-refractivity contribution in [2.45, 2.75) is 45.4 Å². The standard InChI is InChI=1S/C15H19F3O4/c1-2-3-4-9-21-12-7-5-11(6-8-14(19)20)10-13(12)22-15(16,17)18/h5,7,10H,2-4,6,8-9H2,1H3,(H,19,20). The van der Waals surface area contributed by atoms with Crippen molar-refractivity contribution in [2.24, 2.45) is 0 Å². The quantitative estimate of drug-likeness (QED) is 0.694. The SMILES string of the molecule is CCCCCOc1ccc(CCC(=O)O)cc1OC(F)(F)F. The maximum absolute atomic E-state index is 12.4. The van der Waals surface area contributed by atoms with Crippen molar-refractivity contribution in [1.29, 1.82) is 0 Å². The predicted octanol–water partition coefficient (Wildman–Crippen LogP) is 4.17. The van der Waals surface area contributed by atoms with E-state index in [1.165, 1.54) is 12.1 Å². The number of alkyl halides is 3. The molecule has 4 nitrogen and oxygen atoms in total. The van der Waals surface area contributed by atoms with Gasteiger partial charge in [0.25, 0.3) is 0 Å². The van der Waals surface area contributed by atoms with Crippen LogP contribution in [0, 0.1) is 0 Å². The number of halogens is 3. The highest BCUT2D eigenvalue weighted by molar-refractivity contribution is 5.67. The van der Waals surface area contributed by atoms with Gasteiger partial charge in [-0.05, 0) is 30.5 Å². The molecular weight excluding hydrogens is 301 g/mol. The second-order valence-corrected chi connectivity index (χ2v) is 4.78. The first-order valence-corrected chi connectivity index (χ1v) is 7.05. The molecule has 0 atom stereocenters. The second-order valence-electron chi connectivity index (χ2n) is 4.78. The lowest BCUT2D eigenvalue weighted by Gasteiger charge is -2.15. The molecule has 1 aromatic rings. The van der Waals surface area contributed by atoms with Gasteiger partial charge in [-0.25, -0.2) is 0 Å². The largest absolute Gasteiger partial charge is 0.573 e. The summed E-state index contributed by atoms with van der Waals surface area (Å²) in [4.78, 5) is 10.5. The zero-order valence-corrected chi connectivity index (χ0v) is 12.3. The Labute approximate surface area is 126 Å². The highest BCUT2D eigenvalue weighted by Gasteiger charge is 2.32. The van der Waals surface area contributed by atoms with Gasteiger partial charge in [-0.15, -0.1) is 13.2 Å². The Bertz CT molecular complexity index is 486. The van der Waals surface area contributed by atoms with Crippen LogP contribution in [-0.4, -0.2) is 24.0 Å². The van der Waals surface area contributed by atoms with E-state index in [0.29, 0.717) is 12.2 Å². The first-order chi connectivity index (χ1) is 10.3. The summed E-state index contributed by atoms with van der Waals surface area (Å²) >= 11 is 0. The molecule has 0 unspecified atom stereocenters. The number of benzene rings is 1. The number of carboxylic acids is 1. The fourth-order valence-corrected chi connectivity index (χ4v) is 1.82. The average molecular weight is 320 g/mol. The third-order valence-electron chi connectivity index (χ3n) is 2.87. The Hall–Kier alpha value is -1.92. The van der Waals surface area contributed by atoms with Crippen LogP contribution in [0.15, 0.2) is 18.2 Å². The third kappa shape index (κ3) is 7.19. The molecule has 1 N–H and O–H groups in total. The minimum absolute atomic E-state index is 0.00695. The summed E-state index contributed by atoms with van der Waals surface area (Å²) in [7, 11) is 0. The number of carboxylic acid groups (broad SMARTS) is 1. The Kier molecular flexibility index (Phi) is 7.01. The molecule has 0 radical (unpaired) electrons. The Balaban J connectivity index is 2.82. The van der Waals surface area contributed by atoms with Gasteiger partial charge in [0.15, 0.2) is 11.5 Å². The molecule has 22 heavy (non-hydrogen) atoms.